The van der Waals surface area contributed by atoms with Gasteiger partial charge in [0.2, 0.25) is 11.4 Å². The SMILES string of the molecule is Cc1ccc(-c2cccc[n+]2C)c(C)c1-c1cccc[n+]1C. The number of aryl methyl sites for hydroxylation is 3. The number of rotatable bonds is 2. The Morgan fingerprint density at radius 3 is 1.86 bits per heavy atom. The first-order chi connectivity index (χ1) is 10.6. The molecular weight excluding hydrogens is 268 g/mol. The molecule has 2 nitrogen and oxygen atoms in total. The summed E-state index contributed by atoms with van der Waals surface area (Å²) in [6.07, 6.45) is 4.19. The first-order valence-electron chi connectivity index (χ1n) is 7.60. The molecule has 0 unspecified atom stereocenters. The molecule has 0 amide bonds. The molecule has 2 aromatic heterocycles. The van der Waals surface area contributed by atoms with Crippen LogP contribution < -0.4 is 9.13 Å². The van der Waals surface area contributed by atoms with Crippen molar-refractivity contribution in [3.05, 3.63) is 72.1 Å². The minimum absolute atomic E-state index is 1.24. The van der Waals surface area contributed by atoms with Gasteiger partial charge in [-0.1, -0.05) is 6.07 Å². The molecule has 2 heterocycles. The van der Waals surface area contributed by atoms with Gasteiger partial charge in [-0.05, 0) is 43.2 Å². The van der Waals surface area contributed by atoms with Crippen LogP contribution in [-0.4, -0.2) is 0 Å². The first-order valence-corrected chi connectivity index (χ1v) is 7.60. The molecule has 0 aliphatic heterocycles. The molecule has 0 saturated heterocycles. The average molecular weight is 290 g/mol. The maximum absolute atomic E-state index is 2.23. The van der Waals surface area contributed by atoms with E-state index >= 15 is 0 Å². The van der Waals surface area contributed by atoms with Gasteiger partial charge in [0.25, 0.3) is 0 Å². The van der Waals surface area contributed by atoms with Crippen LogP contribution in [0.1, 0.15) is 11.1 Å². The molecule has 0 N–H and O–H groups in total. The molecule has 0 aliphatic rings. The van der Waals surface area contributed by atoms with Crippen molar-refractivity contribution in [3.63, 3.8) is 0 Å². The van der Waals surface area contributed by atoms with Crippen LogP contribution in [0.4, 0.5) is 0 Å². The van der Waals surface area contributed by atoms with Gasteiger partial charge in [-0.15, -0.1) is 0 Å². The Labute approximate surface area is 132 Å². The molecule has 2 heteroatoms. The monoisotopic (exact) mass is 290 g/mol. The molecule has 0 radical (unpaired) electrons. The van der Waals surface area contributed by atoms with Crippen LogP contribution in [0.15, 0.2) is 60.9 Å². The number of hydrogen-bond donors (Lipinski definition) is 0. The Balaban J connectivity index is 2.28. The smallest absolute Gasteiger partial charge is 0.201 e. The lowest BCUT2D eigenvalue weighted by molar-refractivity contribution is -0.660. The fraction of sp³-hybridized carbons (Fsp3) is 0.200. The maximum atomic E-state index is 2.23. The van der Waals surface area contributed by atoms with Crippen LogP contribution in [0.5, 0.6) is 0 Å². The zero-order valence-electron chi connectivity index (χ0n) is 13.7. The number of aromatic nitrogens is 2. The Bertz CT molecular complexity index is 835. The second-order valence-electron chi connectivity index (χ2n) is 5.82. The van der Waals surface area contributed by atoms with Crippen molar-refractivity contribution in [2.75, 3.05) is 0 Å². The number of nitrogens with zero attached hydrogens (tertiary/aromatic N) is 2. The Morgan fingerprint density at radius 1 is 0.682 bits per heavy atom. The van der Waals surface area contributed by atoms with Crippen LogP contribution in [0.3, 0.4) is 0 Å². The summed E-state index contributed by atoms with van der Waals surface area (Å²) in [5.41, 5.74) is 7.72. The summed E-state index contributed by atoms with van der Waals surface area (Å²) in [6, 6.07) is 17.1. The molecule has 3 rings (SSSR count). The lowest BCUT2D eigenvalue weighted by Crippen LogP contribution is -2.31. The molecule has 0 bridgehead atoms. The van der Waals surface area contributed by atoms with Crippen molar-refractivity contribution in [2.45, 2.75) is 13.8 Å². The van der Waals surface area contributed by atoms with Crippen LogP contribution in [0, 0.1) is 13.8 Å². The highest BCUT2D eigenvalue weighted by atomic mass is 14.9. The van der Waals surface area contributed by atoms with Crippen molar-refractivity contribution < 1.29 is 9.13 Å². The summed E-state index contributed by atoms with van der Waals surface area (Å²) in [5, 5.41) is 0. The zero-order chi connectivity index (χ0) is 15.7. The van der Waals surface area contributed by atoms with Gasteiger partial charge in [0, 0.05) is 29.8 Å². The molecule has 0 atom stereocenters. The second-order valence-corrected chi connectivity index (χ2v) is 5.82. The Kier molecular flexibility index (Phi) is 3.76. The van der Waals surface area contributed by atoms with Gasteiger partial charge < -0.3 is 0 Å². The number of pyridine rings is 2. The highest BCUT2D eigenvalue weighted by molar-refractivity contribution is 5.75. The van der Waals surface area contributed by atoms with Gasteiger partial charge in [-0.2, -0.15) is 0 Å². The molecule has 3 aromatic rings. The standard InChI is InChI=1S/C20H22N2/c1-15-11-12-17(18-9-5-7-13-21(18)3)16(2)20(15)19-10-6-8-14-22(19)4/h5-14H,1-4H3/q+2. The molecule has 0 fully saturated rings. The van der Waals surface area contributed by atoms with Crippen molar-refractivity contribution in [3.8, 4) is 22.5 Å². The summed E-state index contributed by atoms with van der Waals surface area (Å²) < 4.78 is 4.36. The van der Waals surface area contributed by atoms with Crippen molar-refractivity contribution in [1.82, 2.24) is 0 Å². The topological polar surface area (TPSA) is 7.76 Å². The molecule has 0 aliphatic carbocycles. The molecule has 110 valence electrons. The Hall–Kier alpha value is -2.48. The van der Waals surface area contributed by atoms with Crippen molar-refractivity contribution >= 4 is 0 Å². The lowest BCUT2D eigenvalue weighted by Gasteiger charge is -2.12. The summed E-state index contributed by atoms with van der Waals surface area (Å²) in [5.74, 6) is 0. The summed E-state index contributed by atoms with van der Waals surface area (Å²) >= 11 is 0. The fourth-order valence-corrected chi connectivity index (χ4v) is 3.10. The van der Waals surface area contributed by atoms with E-state index in [1.54, 1.807) is 0 Å². The van der Waals surface area contributed by atoms with Crippen LogP contribution in [-0.2, 0) is 14.1 Å². The molecular formula is C20H22N2+2. The van der Waals surface area contributed by atoms with E-state index in [4.69, 9.17) is 0 Å². The predicted molar refractivity (Wildman–Crippen MR) is 89.1 cm³/mol. The van der Waals surface area contributed by atoms with Crippen molar-refractivity contribution in [1.29, 1.82) is 0 Å². The second kappa shape index (κ2) is 5.72. The van der Waals surface area contributed by atoms with E-state index in [2.05, 4.69) is 98.0 Å². The Morgan fingerprint density at radius 2 is 1.27 bits per heavy atom. The van der Waals surface area contributed by atoms with Crippen LogP contribution in [0.2, 0.25) is 0 Å². The minimum atomic E-state index is 1.24. The van der Waals surface area contributed by atoms with Gasteiger partial charge in [-0.3, -0.25) is 0 Å². The van der Waals surface area contributed by atoms with Gasteiger partial charge >= 0.3 is 0 Å². The average Bonchev–Trinajstić information content (AvgIpc) is 2.50. The van der Waals surface area contributed by atoms with E-state index in [0.29, 0.717) is 0 Å². The minimum Gasteiger partial charge on any atom is -0.201 e. The van der Waals surface area contributed by atoms with Gasteiger partial charge in [-0.25, -0.2) is 9.13 Å². The third kappa shape index (κ3) is 2.41. The third-order valence-electron chi connectivity index (χ3n) is 4.32. The van der Waals surface area contributed by atoms with E-state index in [1.807, 2.05) is 0 Å². The maximum Gasteiger partial charge on any atom is 0.212 e. The van der Waals surface area contributed by atoms with Gasteiger partial charge in [0.15, 0.2) is 12.4 Å². The summed E-state index contributed by atoms with van der Waals surface area (Å²) in [6.45, 7) is 4.40. The molecule has 1 aromatic carbocycles. The third-order valence-corrected chi connectivity index (χ3v) is 4.32. The summed E-state index contributed by atoms with van der Waals surface area (Å²) in [7, 11) is 4.19. The van der Waals surface area contributed by atoms with Gasteiger partial charge in [0.1, 0.15) is 14.1 Å². The largest absolute Gasteiger partial charge is 0.212 e. The lowest BCUT2D eigenvalue weighted by atomic mass is 9.93. The van der Waals surface area contributed by atoms with E-state index in [1.165, 1.54) is 33.6 Å². The van der Waals surface area contributed by atoms with Gasteiger partial charge in [0.05, 0.1) is 5.56 Å². The van der Waals surface area contributed by atoms with E-state index in [9.17, 15) is 0 Å². The predicted octanol–water partition coefficient (Wildman–Crippen LogP) is 3.29. The quantitative estimate of drug-likeness (QED) is 0.640. The number of hydrogen-bond acceptors (Lipinski definition) is 0. The van der Waals surface area contributed by atoms with E-state index < -0.39 is 0 Å². The van der Waals surface area contributed by atoms with Crippen molar-refractivity contribution in [2.24, 2.45) is 14.1 Å². The highest BCUT2D eigenvalue weighted by Crippen LogP contribution is 2.31. The normalized spacial score (nSPS) is 10.7. The summed E-state index contributed by atoms with van der Waals surface area (Å²) in [4.78, 5) is 0. The number of benzene rings is 1. The molecule has 22 heavy (non-hydrogen) atoms. The fourth-order valence-electron chi connectivity index (χ4n) is 3.10. The molecule has 0 spiro atoms. The van der Waals surface area contributed by atoms with Crippen LogP contribution >= 0.6 is 0 Å². The highest BCUT2D eigenvalue weighted by Gasteiger charge is 2.20. The van der Waals surface area contributed by atoms with E-state index in [-0.39, 0.29) is 0 Å². The van der Waals surface area contributed by atoms with E-state index in [0.717, 1.165) is 0 Å². The van der Waals surface area contributed by atoms with Crippen LogP contribution in [0.25, 0.3) is 22.5 Å². The first kappa shape index (κ1) is 14.5. The zero-order valence-corrected chi connectivity index (χ0v) is 13.7. The molecule has 0 saturated carbocycles.